The van der Waals surface area contributed by atoms with E-state index < -0.39 is 12.1 Å². The van der Waals surface area contributed by atoms with Gasteiger partial charge in [-0.15, -0.1) is 5.10 Å². The Bertz CT molecular complexity index is 583. The number of carboxylic acids is 1. The lowest BCUT2D eigenvalue weighted by Crippen LogP contribution is -2.14. The Morgan fingerprint density at radius 3 is 2.70 bits per heavy atom. The zero-order valence-corrected chi connectivity index (χ0v) is 10.9. The number of aliphatic hydroxyl groups is 1. The van der Waals surface area contributed by atoms with Crippen molar-refractivity contribution in [3.8, 4) is 0 Å². The van der Waals surface area contributed by atoms with E-state index in [0.29, 0.717) is 5.69 Å². The standard InChI is InChI=1S/C13H15N3O4/c1-20-8-10-12(13(18)19)14-15-16(10)7-11(17)9-5-3-2-4-6-9/h2-6,11,17H,7-8H2,1H3,(H,18,19). The number of hydrogen-bond acceptors (Lipinski definition) is 5. The Morgan fingerprint density at radius 1 is 1.40 bits per heavy atom. The molecule has 0 aliphatic heterocycles. The number of aliphatic hydroxyl groups excluding tert-OH is 1. The summed E-state index contributed by atoms with van der Waals surface area (Å²) in [7, 11) is 1.45. The number of ether oxygens (including phenoxy) is 1. The molecule has 0 spiro atoms. The highest BCUT2D eigenvalue weighted by Crippen LogP contribution is 2.16. The van der Waals surface area contributed by atoms with Gasteiger partial charge in [-0.2, -0.15) is 0 Å². The summed E-state index contributed by atoms with van der Waals surface area (Å²) in [5, 5.41) is 26.5. The third kappa shape index (κ3) is 3.01. The van der Waals surface area contributed by atoms with Crippen molar-refractivity contribution in [2.75, 3.05) is 7.11 Å². The maximum atomic E-state index is 11.0. The molecule has 0 fully saturated rings. The van der Waals surface area contributed by atoms with Crippen molar-refractivity contribution in [2.24, 2.45) is 0 Å². The number of carbonyl (C=O) groups is 1. The number of aromatic carboxylic acids is 1. The second kappa shape index (κ2) is 6.27. The van der Waals surface area contributed by atoms with Crippen molar-refractivity contribution < 1.29 is 19.7 Å². The molecule has 7 nitrogen and oxygen atoms in total. The number of benzene rings is 1. The normalized spacial score (nSPS) is 12.3. The molecular formula is C13H15N3O4. The molecule has 7 heteroatoms. The molecule has 1 aromatic heterocycles. The summed E-state index contributed by atoms with van der Waals surface area (Å²) in [4.78, 5) is 11.0. The molecule has 1 aromatic carbocycles. The molecule has 0 radical (unpaired) electrons. The summed E-state index contributed by atoms with van der Waals surface area (Å²) >= 11 is 0. The van der Waals surface area contributed by atoms with Crippen LogP contribution in [-0.2, 0) is 17.9 Å². The van der Waals surface area contributed by atoms with Gasteiger partial charge in [-0.1, -0.05) is 35.5 Å². The van der Waals surface area contributed by atoms with Gasteiger partial charge < -0.3 is 14.9 Å². The first-order valence-corrected chi connectivity index (χ1v) is 6.01. The molecule has 0 amide bonds. The van der Waals surface area contributed by atoms with E-state index >= 15 is 0 Å². The van der Waals surface area contributed by atoms with Gasteiger partial charge in [-0.25, -0.2) is 9.48 Å². The van der Waals surface area contributed by atoms with Crippen LogP contribution in [0.15, 0.2) is 30.3 Å². The number of methoxy groups -OCH3 is 1. The predicted molar refractivity (Wildman–Crippen MR) is 69.1 cm³/mol. The Balaban J connectivity index is 2.23. The van der Waals surface area contributed by atoms with Gasteiger partial charge in [0, 0.05) is 7.11 Å². The minimum atomic E-state index is -1.17. The maximum Gasteiger partial charge on any atom is 0.358 e. The zero-order valence-electron chi connectivity index (χ0n) is 10.9. The average Bonchev–Trinajstić information content (AvgIpc) is 2.83. The topological polar surface area (TPSA) is 97.5 Å². The van der Waals surface area contributed by atoms with E-state index in [1.807, 2.05) is 18.2 Å². The van der Waals surface area contributed by atoms with E-state index in [4.69, 9.17) is 9.84 Å². The fourth-order valence-electron chi connectivity index (χ4n) is 1.87. The van der Waals surface area contributed by atoms with E-state index in [1.54, 1.807) is 12.1 Å². The van der Waals surface area contributed by atoms with Crippen LogP contribution in [0.3, 0.4) is 0 Å². The van der Waals surface area contributed by atoms with Crippen LogP contribution in [-0.4, -0.2) is 38.3 Å². The minimum Gasteiger partial charge on any atom is -0.476 e. The van der Waals surface area contributed by atoms with Crippen molar-refractivity contribution in [3.63, 3.8) is 0 Å². The maximum absolute atomic E-state index is 11.0. The van der Waals surface area contributed by atoms with Gasteiger partial charge in [0.05, 0.1) is 24.9 Å². The molecule has 2 aromatic rings. The quantitative estimate of drug-likeness (QED) is 0.812. The number of nitrogens with zero attached hydrogens (tertiary/aromatic N) is 3. The minimum absolute atomic E-state index is 0.0656. The number of hydrogen-bond donors (Lipinski definition) is 2. The molecule has 106 valence electrons. The van der Waals surface area contributed by atoms with E-state index in [-0.39, 0.29) is 18.8 Å². The third-order valence-corrected chi connectivity index (χ3v) is 2.85. The van der Waals surface area contributed by atoms with Crippen LogP contribution in [0.2, 0.25) is 0 Å². The highest BCUT2D eigenvalue weighted by molar-refractivity contribution is 5.86. The van der Waals surface area contributed by atoms with Crippen LogP contribution in [0.4, 0.5) is 0 Å². The molecular weight excluding hydrogens is 262 g/mol. The molecule has 0 bridgehead atoms. The molecule has 0 aliphatic carbocycles. The summed E-state index contributed by atoms with van der Waals surface area (Å²) in [6.45, 7) is 0.180. The molecule has 0 aliphatic rings. The van der Waals surface area contributed by atoms with Gasteiger partial charge in [-0.3, -0.25) is 0 Å². The van der Waals surface area contributed by atoms with Gasteiger partial charge in [-0.05, 0) is 5.56 Å². The van der Waals surface area contributed by atoms with Crippen molar-refractivity contribution >= 4 is 5.97 Å². The average molecular weight is 277 g/mol. The fraction of sp³-hybridized carbons (Fsp3) is 0.308. The molecule has 2 N–H and O–H groups in total. The van der Waals surface area contributed by atoms with Crippen molar-refractivity contribution in [1.29, 1.82) is 0 Å². The Hall–Kier alpha value is -2.25. The molecule has 2 rings (SSSR count). The largest absolute Gasteiger partial charge is 0.476 e. The first-order valence-electron chi connectivity index (χ1n) is 6.01. The summed E-state index contributed by atoms with van der Waals surface area (Å²) in [6.07, 6.45) is -0.796. The number of carboxylic acid groups (broad SMARTS) is 1. The molecule has 20 heavy (non-hydrogen) atoms. The smallest absolute Gasteiger partial charge is 0.358 e. The van der Waals surface area contributed by atoms with Crippen molar-refractivity contribution in [3.05, 3.63) is 47.3 Å². The second-order valence-electron chi connectivity index (χ2n) is 4.23. The second-order valence-corrected chi connectivity index (χ2v) is 4.23. The van der Waals surface area contributed by atoms with Gasteiger partial charge in [0.1, 0.15) is 0 Å². The van der Waals surface area contributed by atoms with E-state index in [1.165, 1.54) is 11.8 Å². The molecule has 1 atom stereocenters. The van der Waals surface area contributed by atoms with Gasteiger partial charge in [0.2, 0.25) is 0 Å². The van der Waals surface area contributed by atoms with Crippen LogP contribution in [0.25, 0.3) is 0 Å². The van der Waals surface area contributed by atoms with E-state index in [9.17, 15) is 9.90 Å². The van der Waals surface area contributed by atoms with E-state index in [2.05, 4.69) is 10.3 Å². The fourth-order valence-corrected chi connectivity index (χ4v) is 1.87. The summed E-state index contributed by atoms with van der Waals surface area (Å²) in [5.74, 6) is -1.17. The van der Waals surface area contributed by atoms with Crippen LogP contribution < -0.4 is 0 Å². The lowest BCUT2D eigenvalue weighted by molar-refractivity contribution is 0.0683. The summed E-state index contributed by atoms with van der Waals surface area (Å²) in [6, 6.07) is 9.06. The van der Waals surface area contributed by atoms with Gasteiger partial charge >= 0.3 is 5.97 Å². The van der Waals surface area contributed by atoms with Crippen LogP contribution in [0.1, 0.15) is 27.8 Å². The molecule has 1 unspecified atom stereocenters. The molecule has 0 saturated heterocycles. The van der Waals surface area contributed by atoms with Gasteiger partial charge in [0.15, 0.2) is 5.69 Å². The monoisotopic (exact) mass is 277 g/mol. The lowest BCUT2D eigenvalue weighted by atomic mass is 10.1. The predicted octanol–water partition coefficient (Wildman–Crippen LogP) is 0.856. The summed E-state index contributed by atoms with van der Waals surface area (Å²) in [5.41, 5.74) is 0.894. The Morgan fingerprint density at radius 2 is 2.10 bits per heavy atom. The van der Waals surface area contributed by atoms with Crippen molar-refractivity contribution in [2.45, 2.75) is 19.3 Å². The van der Waals surface area contributed by atoms with E-state index in [0.717, 1.165) is 5.56 Å². The summed E-state index contributed by atoms with van der Waals surface area (Å²) < 4.78 is 6.31. The Kier molecular flexibility index (Phi) is 4.44. The highest BCUT2D eigenvalue weighted by atomic mass is 16.5. The number of rotatable bonds is 6. The number of aromatic nitrogens is 3. The SMILES string of the molecule is COCc1c(C(=O)O)nnn1CC(O)c1ccccc1. The molecule has 1 heterocycles. The highest BCUT2D eigenvalue weighted by Gasteiger charge is 2.20. The van der Waals surface area contributed by atoms with Crippen molar-refractivity contribution in [1.82, 2.24) is 15.0 Å². The van der Waals surface area contributed by atoms with Gasteiger partial charge in [0.25, 0.3) is 0 Å². The van der Waals surface area contributed by atoms with Crippen LogP contribution in [0, 0.1) is 0 Å². The third-order valence-electron chi connectivity index (χ3n) is 2.85. The first-order chi connectivity index (χ1) is 9.63. The Labute approximate surface area is 115 Å². The van der Waals surface area contributed by atoms with Crippen LogP contribution in [0.5, 0.6) is 0 Å². The first kappa shape index (κ1) is 14.2. The lowest BCUT2D eigenvalue weighted by Gasteiger charge is -2.12. The zero-order chi connectivity index (χ0) is 14.5. The molecule has 0 saturated carbocycles. The van der Waals surface area contributed by atoms with Crippen LogP contribution >= 0.6 is 0 Å².